The summed E-state index contributed by atoms with van der Waals surface area (Å²) in [7, 11) is 0. The Labute approximate surface area is 67.4 Å². The molecule has 0 aromatic heterocycles. The Bertz CT molecular complexity index is 15.0. The van der Waals surface area contributed by atoms with Gasteiger partial charge < -0.3 is 0 Å². The van der Waals surface area contributed by atoms with Crippen LogP contribution in [0.25, 0.3) is 0 Å². The smallest absolute Gasteiger partial charge is 0 e. The van der Waals surface area contributed by atoms with E-state index in [1.807, 2.05) is 0 Å². The molecule has 0 nitrogen and oxygen atoms in total. The van der Waals surface area contributed by atoms with Gasteiger partial charge in [-0.05, 0) is 12.2 Å². The van der Waals surface area contributed by atoms with E-state index in [1.165, 1.54) is 12.8 Å². The Balaban J connectivity index is 0. The molecular weight excluding hydrogens is 103 g/mol. The van der Waals surface area contributed by atoms with E-state index in [9.17, 15) is 0 Å². The van der Waals surface area contributed by atoms with Crippen molar-refractivity contribution in [3.63, 3.8) is 0 Å². The summed E-state index contributed by atoms with van der Waals surface area (Å²) in [4.78, 5) is 0. The Hall–Kier alpha value is 1.35. The molecule has 0 spiro atoms. The van der Waals surface area contributed by atoms with Gasteiger partial charge in [0.2, 0.25) is 0 Å². The molecule has 0 heterocycles. The zero-order valence-corrected chi connectivity index (χ0v) is 7.46. The first-order valence-corrected chi connectivity index (χ1v) is 2.66. The van der Waals surface area contributed by atoms with Gasteiger partial charge in [0.15, 0.2) is 0 Å². The van der Waals surface area contributed by atoms with Crippen LogP contribution in [-0.2, 0) is 0 Å². The zero-order chi connectivity index (χ0) is 4.12. The maximum atomic E-state index is 4.00. The van der Waals surface area contributed by atoms with Crippen LogP contribution in [0.5, 0.6) is 0 Å². The second-order valence-corrected chi connectivity index (χ2v) is 1.52. The molecular formula is C4H10NaS. The van der Waals surface area contributed by atoms with Gasteiger partial charge in [-0.2, -0.15) is 12.6 Å². The van der Waals surface area contributed by atoms with Crippen molar-refractivity contribution < 1.29 is 0 Å². The molecule has 0 N–H and O–H groups in total. The van der Waals surface area contributed by atoms with Crippen molar-refractivity contribution in [2.45, 2.75) is 19.8 Å². The molecule has 2 heteroatoms. The molecule has 0 unspecified atom stereocenters. The molecule has 0 rings (SSSR count). The summed E-state index contributed by atoms with van der Waals surface area (Å²) in [5.74, 6) is 1.04. The number of unbranched alkanes of at least 4 members (excludes halogenated alkanes) is 1. The molecule has 0 aromatic rings. The van der Waals surface area contributed by atoms with Crippen molar-refractivity contribution in [3.8, 4) is 0 Å². The molecule has 0 aliphatic rings. The second-order valence-electron chi connectivity index (χ2n) is 1.08. The first-order valence-electron chi connectivity index (χ1n) is 2.02. The molecule has 0 atom stereocenters. The first kappa shape index (κ1) is 10.4. The second kappa shape index (κ2) is 9.61. The van der Waals surface area contributed by atoms with E-state index in [2.05, 4.69) is 19.6 Å². The van der Waals surface area contributed by atoms with E-state index in [-0.39, 0.29) is 29.6 Å². The van der Waals surface area contributed by atoms with Crippen LogP contribution in [0, 0.1) is 0 Å². The van der Waals surface area contributed by atoms with E-state index in [0.717, 1.165) is 5.75 Å². The summed E-state index contributed by atoms with van der Waals surface area (Å²) in [6.45, 7) is 2.16. The van der Waals surface area contributed by atoms with Crippen LogP contribution in [-0.4, -0.2) is 35.3 Å². The third-order valence-corrected chi connectivity index (χ3v) is 0.828. The first-order chi connectivity index (χ1) is 2.41. The van der Waals surface area contributed by atoms with Crippen LogP contribution in [0.15, 0.2) is 0 Å². The third-order valence-electron chi connectivity index (χ3n) is 0.512. The fraction of sp³-hybridized carbons (Fsp3) is 1.00. The van der Waals surface area contributed by atoms with Gasteiger partial charge in [-0.3, -0.25) is 0 Å². The van der Waals surface area contributed by atoms with Gasteiger partial charge in [0.25, 0.3) is 0 Å². The molecule has 0 saturated carbocycles. The molecule has 1 radical (unpaired) electrons. The number of hydrogen-bond acceptors (Lipinski definition) is 1. The summed E-state index contributed by atoms with van der Waals surface area (Å²) in [6.07, 6.45) is 2.52. The number of thiol groups is 1. The minimum Gasteiger partial charge on any atom is -0.179 e. The Morgan fingerprint density at radius 1 is 1.50 bits per heavy atom. The molecule has 0 aromatic carbocycles. The fourth-order valence-corrected chi connectivity index (χ4v) is 0.474. The van der Waals surface area contributed by atoms with Gasteiger partial charge in [0.05, 0.1) is 0 Å². The summed E-state index contributed by atoms with van der Waals surface area (Å²) >= 11 is 4.00. The molecule has 0 amide bonds. The largest absolute Gasteiger partial charge is 0.179 e. The minimum absolute atomic E-state index is 0. The van der Waals surface area contributed by atoms with E-state index >= 15 is 0 Å². The Morgan fingerprint density at radius 3 is 2.00 bits per heavy atom. The van der Waals surface area contributed by atoms with Crippen molar-refractivity contribution in [2.75, 3.05) is 5.75 Å². The zero-order valence-electron chi connectivity index (χ0n) is 4.57. The van der Waals surface area contributed by atoms with Gasteiger partial charge in [0, 0.05) is 29.6 Å². The van der Waals surface area contributed by atoms with Crippen LogP contribution < -0.4 is 0 Å². The minimum atomic E-state index is 0. The van der Waals surface area contributed by atoms with Crippen molar-refractivity contribution in [1.29, 1.82) is 0 Å². The molecule has 0 aliphatic carbocycles. The summed E-state index contributed by atoms with van der Waals surface area (Å²) in [5, 5.41) is 0. The van der Waals surface area contributed by atoms with Crippen molar-refractivity contribution in [1.82, 2.24) is 0 Å². The summed E-state index contributed by atoms with van der Waals surface area (Å²) in [6, 6.07) is 0. The molecule has 0 bridgehead atoms. The monoisotopic (exact) mass is 113 g/mol. The summed E-state index contributed by atoms with van der Waals surface area (Å²) in [5.41, 5.74) is 0. The van der Waals surface area contributed by atoms with Crippen LogP contribution in [0.2, 0.25) is 0 Å². The fourth-order valence-electron chi connectivity index (χ4n) is 0.158. The van der Waals surface area contributed by atoms with Crippen LogP contribution in [0.3, 0.4) is 0 Å². The Morgan fingerprint density at radius 2 is 2.00 bits per heavy atom. The summed E-state index contributed by atoms with van der Waals surface area (Å²) < 4.78 is 0. The topological polar surface area (TPSA) is 0 Å². The van der Waals surface area contributed by atoms with E-state index in [0.29, 0.717) is 0 Å². The van der Waals surface area contributed by atoms with E-state index in [1.54, 1.807) is 0 Å². The third kappa shape index (κ3) is 9.02. The standard InChI is InChI=1S/C4H10S.Na/c1-2-3-4-5;/h5H,2-4H2,1H3;. The average Bonchev–Trinajstić information content (AvgIpc) is 1.41. The molecule has 0 aliphatic heterocycles. The predicted octanol–water partition coefficient (Wildman–Crippen LogP) is 1.34. The van der Waals surface area contributed by atoms with E-state index < -0.39 is 0 Å². The molecule has 0 fully saturated rings. The van der Waals surface area contributed by atoms with E-state index in [4.69, 9.17) is 0 Å². The number of rotatable bonds is 2. The quantitative estimate of drug-likeness (QED) is 0.405. The Kier molecular flexibility index (Phi) is 16.6. The van der Waals surface area contributed by atoms with Crippen molar-refractivity contribution >= 4 is 42.2 Å². The van der Waals surface area contributed by atoms with Crippen LogP contribution in [0.4, 0.5) is 0 Å². The van der Waals surface area contributed by atoms with Gasteiger partial charge in [-0.15, -0.1) is 0 Å². The van der Waals surface area contributed by atoms with Crippen molar-refractivity contribution in [3.05, 3.63) is 0 Å². The maximum absolute atomic E-state index is 4.00. The average molecular weight is 113 g/mol. The van der Waals surface area contributed by atoms with Crippen molar-refractivity contribution in [2.24, 2.45) is 0 Å². The number of hydrogen-bond donors (Lipinski definition) is 1. The SMILES string of the molecule is CCCCS.[Na]. The predicted molar refractivity (Wildman–Crippen MR) is 34.5 cm³/mol. The normalized spacial score (nSPS) is 7.00. The van der Waals surface area contributed by atoms with Gasteiger partial charge in [-0.1, -0.05) is 13.3 Å². The molecule has 6 heavy (non-hydrogen) atoms. The van der Waals surface area contributed by atoms with Crippen LogP contribution in [0.1, 0.15) is 19.8 Å². The van der Waals surface area contributed by atoms with Gasteiger partial charge in [0.1, 0.15) is 0 Å². The van der Waals surface area contributed by atoms with Gasteiger partial charge in [-0.25, -0.2) is 0 Å². The molecule has 33 valence electrons. The maximum Gasteiger partial charge on any atom is 0 e. The molecule has 0 saturated heterocycles. The van der Waals surface area contributed by atoms with Crippen LogP contribution >= 0.6 is 12.6 Å². The van der Waals surface area contributed by atoms with Gasteiger partial charge >= 0.3 is 0 Å².